The van der Waals surface area contributed by atoms with E-state index in [1.54, 1.807) is 0 Å². The number of nitrogens with zero attached hydrogens (tertiary/aromatic N) is 1. The van der Waals surface area contributed by atoms with E-state index in [1.165, 1.54) is 16.6 Å². The van der Waals surface area contributed by atoms with E-state index in [2.05, 4.69) is 55.8 Å². The van der Waals surface area contributed by atoms with Crippen LogP contribution in [0.2, 0.25) is 0 Å². The Kier molecular flexibility index (Phi) is 3.22. The fraction of sp³-hybridized carbons (Fsp3) is 0.0625. The van der Waals surface area contributed by atoms with E-state index in [-0.39, 0.29) is 0 Å². The molecular weight excluding hydrogens is 300 g/mol. The molecule has 0 fully saturated rings. The highest BCUT2D eigenvalue weighted by Crippen LogP contribution is 2.23. The number of benzene rings is 1. The second kappa shape index (κ2) is 5.02. The van der Waals surface area contributed by atoms with Crippen molar-refractivity contribution in [3.63, 3.8) is 0 Å². The van der Waals surface area contributed by atoms with Gasteiger partial charge in [0.05, 0.1) is 0 Å². The van der Waals surface area contributed by atoms with Crippen LogP contribution >= 0.6 is 15.9 Å². The highest BCUT2D eigenvalue weighted by molar-refractivity contribution is 9.10. The summed E-state index contributed by atoms with van der Waals surface area (Å²) in [7, 11) is 2.05. The van der Waals surface area contributed by atoms with Crippen molar-refractivity contribution in [3.05, 3.63) is 64.5 Å². The van der Waals surface area contributed by atoms with Gasteiger partial charge in [0.15, 0.2) is 6.20 Å². The molecule has 0 radical (unpaired) electrons. The number of hydrogen-bond donors (Lipinski definition) is 1. The van der Waals surface area contributed by atoms with Gasteiger partial charge in [-0.15, -0.1) is 0 Å². The number of H-pyrrole nitrogens is 1. The lowest BCUT2D eigenvalue weighted by atomic mass is 10.1. The molecule has 1 N–H and O–H groups in total. The van der Waals surface area contributed by atoms with Crippen molar-refractivity contribution in [1.29, 1.82) is 0 Å². The zero-order chi connectivity index (χ0) is 13.2. The molecule has 2 aromatic heterocycles. The van der Waals surface area contributed by atoms with E-state index >= 15 is 0 Å². The number of aryl methyl sites for hydroxylation is 1. The van der Waals surface area contributed by atoms with Crippen molar-refractivity contribution in [1.82, 2.24) is 4.98 Å². The van der Waals surface area contributed by atoms with Gasteiger partial charge in [-0.2, -0.15) is 0 Å². The minimum Gasteiger partial charge on any atom is -0.361 e. The first-order valence-corrected chi connectivity index (χ1v) is 6.93. The smallest absolute Gasteiger partial charge is 0.204 e. The number of halogens is 1. The normalized spacial score (nSPS) is 11.5. The fourth-order valence-electron chi connectivity index (χ4n) is 2.14. The second-order valence-electron chi connectivity index (χ2n) is 4.50. The summed E-state index contributed by atoms with van der Waals surface area (Å²) in [5.74, 6) is 0. The molecule has 94 valence electrons. The Labute approximate surface area is 120 Å². The maximum absolute atomic E-state index is 3.52. The lowest BCUT2D eigenvalue weighted by Crippen LogP contribution is -2.30. The molecule has 3 aromatic rings. The third-order valence-electron chi connectivity index (χ3n) is 3.20. The summed E-state index contributed by atoms with van der Waals surface area (Å²) in [6, 6.07) is 12.4. The molecule has 0 saturated heterocycles. The molecule has 0 bridgehead atoms. The number of fused-ring (bicyclic) bond motifs is 1. The Bertz CT molecular complexity index is 756. The van der Waals surface area contributed by atoms with Crippen LogP contribution in [0, 0.1) is 0 Å². The molecular formula is C16H14BrN2+. The monoisotopic (exact) mass is 313 g/mol. The van der Waals surface area contributed by atoms with E-state index in [9.17, 15) is 0 Å². The van der Waals surface area contributed by atoms with Gasteiger partial charge >= 0.3 is 0 Å². The zero-order valence-electron chi connectivity index (χ0n) is 10.6. The number of aromatic nitrogens is 2. The minimum atomic E-state index is 1.10. The van der Waals surface area contributed by atoms with Gasteiger partial charge in [-0.1, -0.05) is 15.9 Å². The predicted molar refractivity (Wildman–Crippen MR) is 82.5 cm³/mol. The third-order valence-corrected chi connectivity index (χ3v) is 3.70. The van der Waals surface area contributed by atoms with Gasteiger partial charge in [0.2, 0.25) is 5.69 Å². The van der Waals surface area contributed by atoms with Crippen LogP contribution in [-0.2, 0) is 7.05 Å². The summed E-state index contributed by atoms with van der Waals surface area (Å²) in [5, 5.41) is 1.23. The first-order chi connectivity index (χ1) is 9.24. The van der Waals surface area contributed by atoms with Crippen molar-refractivity contribution in [2.75, 3.05) is 0 Å². The molecule has 0 unspecified atom stereocenters. The summed E-state index contributed by atoms with van der Waals surface area (Å²) in [6.45, 7) is 0. The van der Waals surface area contributed by atoms with Gasteiger partial charge < -0.3 is 4.98 Å². The van der Waals surface area contributed by atoms with Crippen molar-refractivity contribution in [2.45, 2.75) is 0 Å². The van der Waals surface area contributed by atoms with Gasteiger partial charge in [0, 0.05) is 45.3 Å². The Morgan fingerprint density at radius 3 is 2.89 bits per heavy atom. The lowest BCUT2D eigenvalue weighted by Gasteiger charge is -1.94. The van der Waals surface area contributed by atoms with E-state index in [0.29, 0.717) is 0 Å². The topological polar surface area (TPSA) is 19.7 Å². The van der Waals surface area contributed by atoms with Crippen LogP contribution in [0.25, 0.3) is 23.1 Å². The van der Waals surface area contributed by atoms with E-state index in [1.807, 2.05) is 37.6 Å². The fourth-order valence-corrected chi connectivity index (χ4v) is 2.50. The number of hydrogen-bond acceptors (Lipinski definition) is 0. The third kappa shape index (κ3) is 2.47. The van der Waals surface area contributed by atoms with Crippen LogP contribution in [0.5, 0.6) is 0 Å². The maximum atomic E-state index is 3.52. The molecule has 0 saturated carbocycles. The second-order valence-corrected chi connectivity index (χ2v) is 5.42. The molecule has 0 aliphatic carbocycles. The van der Waals surface area contributed by atoms with Crippen molar-refractivity contribution < 1.29 is 4.57 Å². The maximum Gasteiger partial charge on any atom is 0.204 e. The van der Waals surface area contributed by atoms with E-state index < -0.39 is 0 Å². The Morgan fingerprint density at radius 2 is 2.05 bits per heavy atom. The van der Waals surface area contributed by atoms with Gasteiger partial charge in [0.25, 0.3) is 0 Å². The largest absolute Gasteiger partial charge is 0.361 e. The quantitative estimate of drug-likeness (QED) is 0.692. The van der Waals surface area contributed by atoms with Crippen LogP contribution in [0.1, 0.15) is 11.3 Å². The van der Waals surface area contributed by atoms with E-state index in [4.69, 9.17) is 0 Å². The molecule has 0 aliphatic heterocycles. The van der Waals surface area contributed by atoms with Crippen LogP contribution in [0.3, 0.4) is 0 Å². The predicted octanol–water partition coefficient (Wildman–Crippen LogP) is 3.93. The molecule has 19 heavy (non-hydrogen) atoms. The summed E-state index contributed by atoms with van der Waals surface area (Å²) in [6.07, 6.45) is 8.35. The van der Waals surface area contributed by atoms with Gasteiger partial charge in [0.1, 0.15) is 7.05 Å². The van der Waals surface area contributed by atoms with Crippen LogP contribution < -0.4 is 4.57 Å². The summed E-state index contributed by atoms with van der Waals surface area (Å²) in [5.41, 5.74) is 3.52. The van der Waals surface area contributed by atoms with Crippen molar-refractivity contribution in [2.24, 2.45) is 7.05 Å². The lowest BCUT2D eigenvalue weighted by molar-refractivity contribution is -0.673. The average Bonchev–Trinajstić information content (AvgIpc) is 2.80. The summed E-state index contributed by atoms with van der Waals surface area (Å²) >= 11 is 3.52. The molecule has 1 aromatic carbocycles. The average molecular weight is 314 g/mol. The molecule has 0 amide bonds. The minimum absolute atomic E-state index is 1.10. The van der Waals surface area contributed by atoms with Crippen LogP contribution in [-0.4, -0.2) is 4.98 Å². The van der Waals surface area contributed by atoms with Gasteiger partial charge in [-0.3, -0.25) is 0 Å². The Balaban J connectivity index is 2.02. The molecule has 2 heterocycles. The number of nitrogens with one attached hydrogen (secondary N) is 1. The number of aromatic amines is 1. The summed E-state index contributed by atoms with van der Waals surface area (Å²) < 4.78 is 3.20. The zero-order valence-corrected chi connectivity index (χ0v) is 12.2. The number of rotatable bonds is 2. The molecule has 0 aliphatic rings. The molecule has 2 nitrogen and oxygen atoms in total. The highest BCUT2D eigenvalue weighted by Gasteiger charge is 2.03. The summed E-state index contributed by atoms with van der Waals surface area (Å²) in [4.78, 5) is 3.29. The van der Waals surface area contributed by atoms with E-state index in [0.717, 1.165) is 9.99 Å². The van der Waals surface area contributed by atoms with Crippen LogP contribution in [0.4, 0.5) is 0 Å². The van der Waals surface area contributed by atoms with Gasteiger partial charge in [-0.05, 0) is 30.3 Å². The van der Waals surface area contributed by atoms with Gasteiger partial charge in [-0.25, -0.2) is 4.57 Å². The first-order valence-electron chi connectivity index (χ1n) is 6.13. The standard InChI is InChI=1S/C16H13BrN2/c1-19-9-3-2-4-14(19)7-5-12-11-18-16-8-6-13(17)10-15(12)16/h2-11H,1H3/p+1. The molecule has 3 rings (SSSR count). The molecule has 3 heteroatoms. The van der Waals surface area contributed by atoms with Crippen molar-refractivity contribution in [3.8, 4) is 0 Å². The molecule has 0 atom stereocenters. The first kappa shape index (κ1) is 12.2. The Morgan fingerprint density at radius 1 is 1.16 bits per heavy atom. The SMILES string of the molecule is C[n+]1ccccc1/C=C/c1c[nH]c2ccc(Br)cc12. The van der Waals surface area contributed by atoms with Crippen LogP contribution in [0.15, 0.2) is 53.3 Å². The highest BCUT2D eigenvalue weighted by atomic mass is 79.9. The van der Waals surface area contributed by atoms with Crippen molar-refractivity contribution >= 4 is 39.0 Å². The molecule has 0 spiro atoms. The number of pyridine rings is 1. The Hall–Kier alpha value is -1.87.